The summed E-state index contributed by atoms with van der Waals surface area (Å²) in [6.45, 7) is 9.70. The third kappa shape index (κ3) is 5.33. The molecule has 1 aromatic rings. The number of piperidine rings is 1. The number of rotatable bonds is 4. The van der Waals surface area contributed by atoms with Crippen molar-refractivity contribution in [3.63, 3.8) is 0 Å². The topological polar surface area (TPSA) is 88.4 Å². The summed E-state index contributed by atoms with van der Waals surface area (Å²) >= 11 is 0. The first-order chi connectivity index (χ1) is 15.3. The molecule has 166 valence electrons. The van der Waals surface area contributed by atoms with Gasteiger partial charge < -0.3 is 19.3 Å². The number of ether oxygens (including phenoxy) is 2. The summed E-state index contributed by atoms with van der Waals surface area (Å²) in [7, 11) is -2.70. The van der Waals surface area contributed by atoms with Crippen LogP contribution in [0.5, 0.6) is 5.75 Å². The summed E-state index contributed by atoms with van der Waals surface area (Å²) in [5, 5.41) is 11.1. The van der Waals surface area contributed by atoms with E-state index in [-0.39, 0.29) is 17.5 Å². The normalized spacial score (nSPS) is 20.8. The van der Waals surface area contributed by atoms with Crippen LogP contribution in [0, 0.1) is 10.1 Å². The first kappa shape index (κ1) is 18.2. The second kappa shape index (κ2) is 9.07. The molecule has 0 aliphatic carbocycles. The van der Waals surface area contributed by atoms with Gasteiger partial charge in [0, 0.05) is 51.4 Å². The van der Waals surface area contributed by atoms with Crippen molar-refractivity contribution in [3.8, 4) is 5.75 Å². The van der Waals surface area contributed by atoms with E-state index in [4.69, 9.17) is 13.6 Å². The first-order valence-corrected chi connectivity index (χ1v) is 10.3. The van der Waals surface area contributed by atoms with Gasteiger partial charge in [-0.2, -0.15) is 0 Å². The van der Waals surface area contributed by atoms with E-state index in [0.29, 0.717) is 37.9 Å². The van der Waals surface area contributed by atoms with E-state index in [1.165, 1.54) is 12.1 Å². The van der Waals surface area contributed by atoms with Gasteiger partial charge in [0.2, 0.25) is 0 Å². The lowest BCUT2D eigenvalue weighted by molar-refractivity contribution is -0.384. The minimum atomic E-state index is -2.70. The Labute approximate surface area is 181 Å². The molecule has 9 nitrogen and oxygen atoms in total. The lowest BCUT2D eigenvalue weighted by atomic mass is 10.0. The highest BCUT2D eigenvalue weighted by molar-refractivity contribution is 5.68. The number of amides is 1. The third-order valence-corrected chi connectivity index (χ3v) is 5.55. The van der Waals surface area contributed by atoms with Crippen molar-refractivity contribution in [2.24, 2.45) is 0 Å². The number of nitro benzene ring substituents is 1. The van der Waals surface area contributed by atoms with Crippen LogP contribution < -0.4 is 9.64 Å². The maximum absolute atomic E-state index is 12.3. The highest BCUT2D eigenvalue weighted by Crippen LogP contribution is 2.34. The largest absolute Gasteiger partial charge is 0.494 e. The molecular weight excluding hydrogens is 388 g/mol. The van der Waals surface area contributed by atoms with Gasteiger partial charge in [0.1, 0.15) is 11.4 Å². The second-order valence-electron chi connectivity index (χ2n) is 8.73. The SMILES string of the molecule is [2H]C([2H])([2H])Oc1cc([N+](=O)[O-])ccc1N1CCC(N2CCN(C(=O)OC(C)(C)C)CC2)CC1. The summed E-state index contributed by atoms with van der Waals surface area (Å²) in [6, 6.07) is 4.44. The fourth-order valence-corrected chi connectivity index (χ4v) is 4.03. The van der Waals surface area contributed by atoms with Gasteiger partial charge in [-0.1, -0.05) is 0 Å². The molecule has 2 aliphatic heterocycles. The minimum absolute atomic E-state index is 0.00590. The molecule has 0 spiro atoms. The Kier molecular flexibility index (Phi) is 5.52. The highest BCUT2D eigenvalue weighted by Gasteiger charge is 2.31. The Bertz CT molecular complexity index is 858. The Morgan fingerprint density at radius 3 is 2.40 bits per heavy atom. The quantitative estimate of drug-likeness (QED) is 0.543. The van der Waals surface area contributed by atoms with Gasteiger partial charge in [-0.15, -0.1) is 0 Å². The average molecular weight is 424 g/mol. The van der Waals surface area contributed by atoms with Gasteiger partial charge in [-0.3, -0.25) is 15.0 Å². The van der Waals surface area contributed by atoms with Crippen molar-refractivity contribution >= 4 is 17.5 Å². The van der Waals surface area contributed by atoms with E-state index in [1.807, 2.05) is 25.7 Å². The molecule has 0 saturated carbocycles. The molecule has 30 heavy (non-hydrogen) atoms. The predicted molar refractivity (Wildman–Crippen MR) is 114 cm³/mol. The number of piperazine rings is 1. The zero-order valence-electron chi connectivity index (χ0n) is 20.8. The first-order valence-electron chi connectivity index (χ1n) is 11.8. The van der Waals surface area contributed by atoms with E-state index >= 15 is 0 Å². The molecule has 2 aliphatic rings. The Morgan fingerprint density at radius 2 is 1.83 bits per heavy atom. The molecule has 0 aromatic heterocycles. The van der Waals surface area contributed by atoms with E-state index in [9.17, 15) is 14.9 Å². The zero-order valence-corrected chi connectivity index (χ0v) is 17.8. The van der Waals surface area contributed by atoms with Crippen LogP contribution in [0.1, 0.15) is 37.7 Å². The lowest BCUT2D eigenvalue weighted by Gasteiger charge is -2.43. The molecule has 2 fully saturated rings. The number of hydrogen-bond acceptors (Lipinski definition) is 7. The number of methoxy groups -OCH3 is 1. The fourth-order valence-electron chi connectivity index (χ4n) is 4.03. The Balaban J connectivity index is 1.58. The van der Waals surface area contributed by atoms with E-state index in [1.54, 1.807) is 11.0 Å². The van der Waals surface area contributed by atoms with Crippen molar-refractivity contribution in [1.29, 1.82) is 0 Å². The van der Waals surface area contributed by atoms with Crippen LogP contribution in [0.15, 0.2) is 18.2 Å². The summed E-state index contributed by atoms with van der Waals surface area (Å²) in [5.74, 6) is -0.00590. The van der Waals surface area contributed by atoms with Crippen LogP contribution in [0.3, 0.4) is 0 Å². The number of nitro groups is 1. The van der Waals surface area contributed by atoms with Gasteiger partial charge in [-0.25, -0.2) is 4.79 Å². The van der Waals surface area contributed by atoms with Gasteiger partial charge >= 0.3 is 6.09 Å². The smallest absolute Gasteiger partial charge is 0.410 e. The summed E-state index contributed by atoms with van der Waals surface area (Å²) in [4.78, 5) is 29.0. The predicted octanol–water partition coefficient (Wildman–Crippen LogP) is 3.12. The standard InChI is InChI=1S/C21H32N4O5/c1-21(2,3)30-20(26)24-13-11-22(12-14-24)16-7-9-23(10-8-16)18-6-5-17(25(27)28)15-19(18)29-4/h5-6,15-16H,7-14H2,1-4H3/i4D3. The number of non-ortho nitro benzene ring substituents is 1. The van der Waals surface area contributed by atoms with Crippen molar-refractivity contribution < 1.29 is 23.3 Å². The highest BCUT2D eigenvalue weighted by atomic mass is 16.6. The van der Waals surface area contributed by atoms with Gasteiger partial charge in [0.15, 0.2) is 0 Å². The maximum atomic E-state index is 12.3. The number of hydrogen-bond donors (Lipinski definition) is 0. The number of benzene rings is 1. The van der Waals surface area contributed by atoms with Crippen molar-refractivity contribution in [2.45, 2.75) is 45.3 Å². The number of anilines is 1. The van der Waals surface area contributed by atoms with E-state index < -0.39 is 17.6 Å². The van der Waals surface area contributed by atoms with Crippen LogP contribution in [0.25, 0.3) is 0 Å². The fraction of sp³-hybridized carbons (Fsp3) is 0.667. The third-order valence-electron chi connectivity index (χ3n) is 5.55. The van der Waals surface area contributed by atoms with Gasteiger partial charge in [-0.05, 0) is 39.7 Å². The average Bonchev–Trinajstić information content (AvgIpc) is 2.71. The van der Waals surface area contributed by atoms with E-state index in [2.05, 4.69) is 4.90 Å². The molecule has 2 heterocycles. The Morgan fingerprint density at radius 1 is 1.17 bits per heavy atom. The van der Waals surface area contributed by atoms with Crippen LogP contribution in [-0.4, -0.2) is 78.8 Å². The maximum Gasteiger partial charge on any atom is 0.410 e. The van der Waals surface area contributed by atoms with Gasteiger partial charge in [0.25, 0.3) is 5.69 Å². The molecular formula is C21H32N4O5. The molecule has 2 saturated heterocycles. The molecule has 0 unspecified atom stereocenters. The van der Waals surface area contributed by atoms with Crippen molar-refractivity contribution in [3.05, 3.63) is 28.3 Å². The van der Waals surface area contributed by atoms with E-state index in [0.717, 1.165) is 25.9 Å². The van der Waals surface area contributed by atoms with Crippen LogP contribution >= 0.6 is 0 Å². The monoisotopic (exact) mass is 423 g/mol. The molecule has 1 amide bonds. The molecule has 0 atom stereocenters. The minimum Gasteiger partial charge on any atom is -0.494 e. The zero-order chi connectivity index (χ0) is 24.4. The summed E-state index contributed by atoms with van der Waals surface area (Å²) in [6.07, 6.45) is 1.43. The molecule has 9 heteroatoms. The Hall–Kier alpha value is -2.55. The summed E-state index contributed by atoms with van der Waals surface area (Å²) < 4.78 is 32.7. The molecule has 0 bridgehead atoms. The summed E-state index contributed by atoms with van der Waals surface area (Å²) in [5.41, 5.74) is -0.179. The molecule has 0 radical (unpaired) electrons. The van der Waals surface area contributed by atoms with Gasteiger partial charge in [0.05, 0.1) is 27.8 Å². The molecule has 3 rings (SSSR count). The number of carbonyl (C=O) groups is 1. The van der Waals surface area contributed by atoms with Crippen LogP contribution in [-0.2, 0) is 4.74 Å². The molecule has 1 aromatic carbocycles. The van der Waals surface area contributed by atoms with Crippen LogP contribution in [0.4, 0.5) is 16.2 Å². The second-order valence-corrected chi connectivity index (χ2v) is 8.73. The van der Waals surface area contributed by atoms with Crippen molar-refractivity contribution in [1.82, 2.24) is 9.80 Å². The van der Waals surface area contributed by atoms with Crippen LogP contribution in [0.2, 0.25) is 0 Å². The lowest BCUT2D eigenvalue weighted by Crippen LogP contribution is -2.55. The number of nitrogens with zero attached hydrogens (tertiary/aromatic N) is 4. The van der Waals surface area contributed by atoms with Crippen molar-refractivity contribution in [2.75, 3.05) is 51.2 Å². The number of carbonyl (C=O) groups excluding carboxylic acids is 1. The molecule has 0 N–H and O–H groups in total.